The summed E-state index contributed by atoms with van der Waals surface area (Å²) in [6.45, 7) is 5.74. The minimum atomic E-state index is -0.0275. The summed E-state index contributed by atoms with van der Waals surface area (Å²) >= 11 is 0. The van der Waals surface area contributed by atoms with Gasteiger partial charge in [-0.05, 0) is 19.4 Å². The molecule has 0 aliphatic rings. The van der Waals surface area contributed by atoms with E-state index in [0.29, 0.717) is 18.8 Å². The average molecular weight is 265 g/mol. The molecule has 1 aromatic carbocycles. The van der Waals surface area contributed by atoms with Crippen molar-refractivity contribution in [1.82, 2.24) is 5.32 Å². The van der Waals surface area contributed by atoms with Crippen LogP contribution < -0.4 is 20.7 Å². The topological polar surface area (TPSA) is 67.6 Å². The van der Waals surface area contributed by atoms with Gasteiger partial charge in [0.2, 0.25) is 5.91 Å². The van der Waals surface area contributed by atoms with Crippen LogP contribution in [0.25, 0.3) is 0 Å². The first-order valence-electron chi connectivity index (χ1n) is 6.59. The van der Waals surface area contributed by atoms with Gasteiger partial charge in [-0.2, -0.15) is 0 Å². The van der Waals surface area contributed by atoms with Crippen LogP contribution in [0.2, 0.25) is 0 Å². The highest BCUT2D eigenvalue weighted by atomic mass is 16.5. The number of amides is 1. The van der Waals surface area contributed by atoms with Crippen LogP contribution in [0.4, 0.5) is 11.4 Å². The fourth-order valence-electron chi connectivity index (χ4n) is 1.73. The molecule has 0 aliphatic heterocycles. The zero-order valence-corrected chi connectivity index (χ0v) is 11.9. The van der Waals surface area contributed by atoms with Gasteiger partial charge >= 0.3 is 0 Å². The van der Waals surface area contributed by atoms with Crippen LogP contribution in [-0.2, 0) is 4.79 Å². The fourth-order valence-corrected chi connectivity index (χ4v) is 1.73. The smallest absolute Gasteiger partial charge is 0.239 e. The Labute approximate surface area is 114 Å². The second-order valence-electron chi connectivity index (χ2n) is 4.30. The van der Waals surface area contributed by atoms with Crippen LogP contribution in [0.3, 0.4) is 0 Å². The number of nitrogens with two attached hydrogens (primary N) is 1. The highest BCUT2D eigenvalue weighted by molar-refractivity contribution is 5.81. The number of carbonyl (C=O) groups is 1. The molecule has 5 heteroatoms. The quantitative estimate of drug-likeness (QED) is 0.735. The van der Waals surface area contributed by atoms with E-state index in [4.69, 9.17) is 10.5 Å². The Morgan fingerprint density at radius 2 is 2.11 bits per heavy atom. The first-order chi connectivity index (χ1) is 9.10. The van der Waals surface area contributed by atoms with Gasteiger partial charge in [-0.15, -0.1) is 0 Å². The van der Waals surface area contributed by atoms with E-state index < -0.39 is 0 Å². The standard InChI is InChI=1S/C14H23N3O2/c1-4-6-19-13-8-11(15)7-12(9-13)17(5-2)10-14(18)16-3/h7-9H,4-6,10,15H2,1-3H3,(H,16,18). The van der Waals surface area contributed by atoms with Crippen molar-refractivity contribution in [2.75, 3.05) is 37.4 Å². The second-order valence-corrected chi connectivity index (χ2v) is 4.30. The number of nitrogens with zero attached hydrogens (tertiary/aromatic N) is 1. The van der Waals surface area contributed by atoms with Gasteiger partial charge in [0.1, 0.15) is 5.75 Å². The van der Waals surface area contributed by atoms with Gasteiger partial charge in [-0.3, -0.25) is 4.79 Å². The molecule has 0 aromatic heterocycles. The number of benzene rings is 1. The van der Waals surface area contributed by atoms with E-state index in [1.165, 1.54) is 0 Å². The Morgan fingerprint density at radius 3 is 2.68 bits per heavy atom. The molecular formula is C14H23N3O2. The van der Waals surface area contributed by atoms with E-state index in [-0.39, 0.29) is 5.91 Å². The molecule has 1 rings (SSSR count). The third-order valence-electron chi connectivity index (χ3n) is 2.75. The summed E-state index contributed by atoms with van der Waals surface area (Å²) in [7, 11) is 1.63. The van der Waals surface area contributed by atoms with Crippen molar-refractivity contribution in [3.05, 3.63) is 18.2 Å². The molecule has 5 nitrogen and oxygen atoms in total. The molecule has 3 N–H and O–H groups in total. The van der Waals surface area contributed by atoms with Crippen molar-refractivity contribution in [2.24, 2.45) is 0 Å². The molecule has 0 atom stereocenters. The van der Waals surface area contributed by atoms with Gasteiger partial charge < -0.3 is 20.7 Å². The van der Waals surface area contributed by atoms with Crippen molar-refractivity contribution in [1.29, 1.82) is 0 Å². The zero-order chi connectivity index (χ0) is 14.3. The Balaban J connectivity index is 2.89. The summed E-state index contributed by atoms with van der Waals surface area (Å²) in [5, 5.41) is 2.62. The van der Waals surface area contributed by atoms with E-state index >= 15 is 0 Å². The molecule has 0 spiro atoms. The maximum atomic E-state index is 11.5. The third kappa shape index (κ3) is 4.69. The summed E-state index contributed by atoms with van der Waals surface area (Å²) in [6.07, 6.45) is 0.944. The van der Waals surface area contributed by atoms with E-state index in [9.17, 15) is 4.79 Å². The summed E-state index contributed by atoms with van der Waals surface area (Å²) in [5.41, 5.74) is 7.42. The maximum Gasteiger partial charge on any atom is 0.239 e. The Bertz CT molecular complexity index is 421. The van der Waals surface area contributed by atoms with Crippen molar-refractivity contribution >= 4 is 17.3 Å². The van der Waals surface area contributed by atoms with Crippen LogP contribution in [0.1, 0.15) is 20.3 Å². The number of rotatable bonds is 7. The van der Waals surface area contributed by atoms with E-state index in [0.717, 1.165) is 24.4 Å². The summed E-state index contributed by atoms with van der Waals surface area (Å²) in [5.74, 6) is 0.715. The molecule has 0 heterocycles. The monoisotopic (exact) mass is 265 g/mol. The summed E-state index contributed by atoms with van der Waals surface area (Å²) in [4.78, 5) is 13.4. The summed E-state index contributed by atoms with van der Waals surface area (Å²) < 4.78 is 5.60. The number of hydrogen-bond acceptors (Lipinski definition) is 4. The zero-order valence-electron chi connectivity index (χ0n) is 11.9. The number of nitrogens with one attached hydrogen (secondary N) is 1. The van der Waals surface area contributed by atoms with Gasteiger partial charge in [-0.1, -0.05) is 6.92 Å². The lowest BCUT2D eigenvalue weighted by molar-refractivity contribution is -0.119. The normalized spacial score (nSPS) is 10.1. The molecule has 0 saturated carbocycles. The maximum absolute atomic E-state index is 11.5. The largest absolute Gasteiger partial charge is 0.493 e. The molecule has 1 aromatic rings. The summed E-state index contributed by atoms with van der Waals surface area (Å²) in [6, 6.07) is 5.57. The van der Waals surface area contributed by atoms with E-state index in [1.807, 2.05) is 24.0 Å². The SMILES string of the molecule is CCCOc1cc(N)cc(N(CC)CC(=O)NC)c1. The minimum Gasteiger partial charge on any atom is -0.493 e. The fraction of sp³-hybridized carbons (Fsp3) is 0.500. The van der Waals surface area contributed by atoms with Crippen LogP contribution in [0.5, 0.6) is 5.75 Å². The van der Waals surface area contributed by atoms with Gasteiger partial charge in [0.15, 0.2) is 0 Å². The molecule has 0 fully saturated rings. The van der Waals surface area contributed by atoms with Crippen molar-refractivity contribution < 1.29 is 9.53 Å². The Hall–Kier alpha value is -1.91. The van der Waals surface area contributed by atoms with Crippen molar-refractivity contribution in [2.45, 2.75) is 20.3 Å². The number of likely N-dealkylation sites (N-methyl/N-ethyl adjacent to an activating group) is 2. The first-order valence-corrected chi connectivity index (χ1v) is 6.59. The molecule has 0 bridgehead atoms. The van der Waals surface area contributed by atoms with Crippen LogP contribution in [-0.4, -0.2) is 32.7 Å². The van der Waals surface area contributed by atoms with Gasteiger partial charge in [-0.25, -0.2) is 0 Å². The highest BCUT2D eigenvalue weighted by Gasteiger charge is 2.10. The second kappa shape index (κ2) is 7.51. The molecule has 0 saturated heterocycles. The first kappa shape index (κ1) is 15.1. The lowest BCUT2D eigenvalue weighted by Gasteiger charge is -2.23. The van der Waals surface area contributed by atoms with Crippen LogP contribution >= 0.6 is 0 Å². The molecular weight excluding hydrogens is 242 g/mol. The third-order valence-corrected chi connectivity index (χ3v) is 2.75. The van der Waals surface area contributed by atoms with Crippen LogP contribution in [0, 0.1) is 0 Å². The van der Waals surface area contributed by atoms with Crippen molar-refractivity contribution in [3.63, 3.8) is 0 Å². The molecule has 106 valence electrons. The molecule has 0 unspecified atom stereocenters. The predicted octanol–water partition coefficient (Wildman–Crippen LogP) is 1.63. The minimum absolute atomic E-state index is 0.0275. The van der Waals surface area contributed by atoms with Crippen LogP contribution in [0.15, 0.2) is 18.2 Å². The number of hydrogen-bond donors (Lipinski definition) is 2. The van der Waals surface area contributed by atoms with E-state index in [1.54, 1.807) is 13.1 Å². The molecule has 0 aliphatic carbocycles. The van der Waals surface area contributed by atoms with Gasteiger partial charge in [0, 0.05) is 37.1 Å². The lowest BCUT2D eigenvalue weighted by atomic mass is 10.2. The predicted molar refractivity (Wildman–Crippen MR) is 78.6 cm³/mol. The number of carbonyl (C=O) groups excluding carboxylic acids is 1. The Kier molecular flexibility index (Phi) is 5.99. The van der Waals surface area contributed by atoms with Crippen molar-refractivity contribution in [3.8, 4) is 5.75 Å². The highest BCUT2D eigenvalue weighted by Crippen LogP contribution is 2.25. The number of ether oxygens (including phenoxy) is 1. The van der Waals surface area contributed by atoms with Gasteiger partial charge in [0.25, 0.3) is 0 Å². The number of nitrogen functional groups attached to an aromatic ring is 1. The number of anilines is 2. The van der Waals surface area contributed by atoms with Gasteiger partial charge in [0.05, 0.1) is 13.2 Å². The molecule has 0 radical (unpaired) electrons. The Morgan fingerprint density at radius 1 is 1.37 bits per heavy atom. The van der Waals surface area contributed by atoms with E-state index in [2.05, 4.69) is 12.2 Å². The average Bonchev–Trinajstić information content (AvgIpc) is 2.41. The lowest BCUT2D eigenvalue weighted by Crippen LogP contribution is -2.35. The molecule has 19 heavy (non-hydrogen) atoms. The molecule has 1 amide bonds.